The number of carbonyl (C=O) groups excluding carboxylic acids is 1. The Morgan fingerprint density at radius 2 is 1.60 bits per heavy atom. The smallest absolute Gasteiger partial charge is 0.236 e. The molecule has 1 unspecified atom stereocenters. The second kappa shape index (κ2) is 7.96. The van der Waals surface area contributed by atoms with Crippen LogP contribution in [0.2, 0.25) is 0 Å². The Kier molecular flexibility index (Phi) is 6.26. The van der Waals surface area contributed by atoms with Gasteiger partial charge in [-0.15, -0.1) is 0 Å². The number of likely N-dealkylation sites (tertiary alicyclic amines) is 1. The molecule has 5 nitrogen and oxygen atoms in total. The Morgan fingerprint density at radius 3 is 2.15 bits per heavy atom. The van der Waals surface area contributed by atoms with Crippen LogP contribution in [0.3, 0.4) is 0 Å². The lowest BCUT2D eigenvalue weighted by atomic mass is 10.2. The third-order valence-corrected chi connectivity index (χ3v) is 4.69. The van der Waals surface area contributed by atoms with Crippen LogP contribution in [0.15, 0.2) is 0 Å². The van der Waals surface area contributed by atoms with E-state index in [1.807, 2.05) is 0 Å². The zero-order chi connectivity index (χ0) is 14.4. The highest BCUT2D eigenvalue weighted by molar-refractivity contribution is 5.78. The highest BCUT2D eigenvalue weighted by Gasteiger charge is 2.23. The largest absolute Gasteiger partial charge is 0.342 e. The Labute approximate surface area is 123 Å². The Bertz CT molecular complexity index is 294. The van der Waals surface area contributed by atoms with E-state index in [2.05, 4.69) is 21.6 Å². The minimum atomic E-state index is 0.326. The molecular weight excluding hydrogens is 252 g/mol. The van der Waals surface area contributed by atoms with E-state index >= 15 is 0 Å². The summed E-state index contributed by atoms with van der Waals surface area (Å²) in [6.07, 6.45) is 4.90. The minimum absolute atomic E-state index is 0.326. The van der Waals surface area contributed by atoms with E-state index in [0.29, 0.717) is 25.0 Å². The van der Waals surface area contributed by atoms with Crippen molar-refractivity contribution in [3.8, 4) is 0 Å². The maximum Gasteiger partial charge on any atom is 0.236 e. The predicted octanol–water partition coefficient (Wildman–Crippen LogP) is 0.354. The van der Waals surface area contributed by atoms with Crippen LogP contribution in [0.5, 0.6) is 0 Å². The molecule has 0 bridgehead atoms. The molecule has 2 fully saturated rings. The van der Waals surface area contributed by atoms with Crippen LogP contribution in [0.4, 0.5) is 0 Å². The normalized spacial score (nSPS) is 24.4. The Morgan fingerprint density at radius 1 is 1.00 bits per heavy atom. The summed E-state index contributed by atoms with van der Waals surface area (Å²) in [5.41, 5.74) is 5.71. The summed E-state index contributed by atoms with van der Waals surface area (Å²) in [5.74, 6) is 0.326. The first kappa shape index (κ1) is 15.7. The maximum absolute atomic E-state index is 12.3. The minimum Gasteiger partial charge on any atom is -0.342 e. The molecule has 0 aromatic heterocycles. The van der Waals surface area contributed by atoms with E-state index in [1.165, 1.54) is 25.7 Å². The van der Waals surface area contributed by atoms with Crippen molar-refractivity contribution in [2.75, 3.05) is 52.4 Å². The van der Waals surface area contributed by atoms with E-state index in [0.717, 1.165) is 39.3 Å². The quantitative estimate of drug-likeness (QED) is 0.808. The van der Waals surface area contributed by atoms with E-state index in [1.54, 1.807) is 0 Å². The van der Waals surface area contributed by atoms with Crippen LogP contribution < -0.4 is 5.73 Å². The fourth-order valence-corrected chi connectivity index (χ4v) is 3.12. The maximum atomic E-state index is 12.3. The third-order valence-electron chi connectivity index (χ3n) is 4.69. The molecule has 2 aliphatic heterocycles. The number of carbonyl (C=O) groups is 1. The number of nitrogens with two attached hydrogens (primary N) is 1. The fraction of sp³-hybridized carbons (Fsp3) is 0.933. The van der Waals surface area contributed by atoms with Gasteiger partial charge in [0.25, 0.3) is 0 Å². The summed E-state index contributed by atoms with van der Waals surface area (Å²) < 4.78 is 0. The number of amides is 1. The first-order valence-corrected chi connectivity index (χ1v) is 8.15. The molecule has 2 heterocycles. The molecular formula is C15H30N4O. The lowest BCUT2D eigenvalue weighted by Gasteiger charge is -2.38. The first-order valence-electron chi connectivity index (χ1n) is 8.15. The van der Waals surface area contributed by atoms with Crippen molar-refractivity contribution in [3.63, 3.8) is 0 Å². The van der Waals surface area contributed by atoms with Gasteiger partial charge in [0.15, 0.2) is 0 Å². The van der Waals surface area contributed by atoms with Crippen LogP contribution in [-0.2, 0) is 4.79 Å². The number of nitrogens with zero attached hydrogens (tertiary/aromatic N) is 3. The number of rotatable bonds is 4. The molecule has 1 amide bonds. The van der Waals surface area contributed by atoms with Gasteiger partial charge in [0.2, 0.25) is 5.91 Å². The summed E-state index contributed by atoms with van der Waals surface area (Å²) in [7, 11) is 0. The van der Waals surface area contributed by atoms with Gasteiger partial charge in [-0.25, -0.2) is 0 Å². The summed E-state index contributed by atoms with van der Waals surface area (Å²) in [4.78, 5) is 19.1. The summed E-state index contributed by atoms with van der Waals surface area (Å²) in [5, 5.41) is 0. The molecule has 0 aromatic rings. The standard InChI is InChI=1S/C15H30N4O/c1-14(12-16)18-10-8-17(9-11-18)13-15(20)19-6-4-2-3-5-7-19/h14H,2-13,16H2,1H3. The van der Waals surface area contributed by atoms with Crippen molar-refractivity contribution in [2.45, 2.75) is 38.6 Å². The van der Waals surface area contributed by atoms with Crippen molar-refractivity contribution < 1.29 is 4.79 Å². The molecule has 1 atom stereocenters. The van der Waals surface area contributed by atoms with Gasteiger partial charge in [-0.2, -0.15) is 0 Å². The topological polar surface area (TPSA) is 52.8 Å². The van der Waals surface area contributed by atoms with Gasteiger partial charge in [-0.1, -0.05) is 12.8 Å². The van der Waals surface area contributed by atoms with Crippen molar-refractivity contribution in [1.82, 2.24) is 14.7 Å². The SMILES string of the molecule is CC(CN)N1CCN(CC(=O)N2CCCCCC2)CC1. The molecule has 0 saturated carbocycles. The average Bonchev–Trinajstić information content (AvgIpc) is 2.76. The molecule has 20 heavy (non-hydrogen) atoms. The molecule has 0 radical (unpaired) electrons. The molecule has 0 aliphatic carbocycles. The Hall–Kier alpha value is -0.650. The molecule has 116 valence electrons. The van der Waals surface area contributed by atoms with Crippen molar-refractivity contribution >= 4 is 5.91 Å². The molecule has 2 saturated heterocycles. The molecule has 2 N–H and O–H groups in total. The zero-order valence-corrected chi connectivity index (χ0v) is 12.9. The second-order valence-electron chi connectivity index (χ2n) is 6.19. The molecule has 5 heteroatoms. The van der Waals surface area contributed by atoms with Gasteiger partial charge in [0, 0.05) is 51.9 Å². The predicted molar refractivity (Wildman–Crippen MR) is 81.6 cm³/mol. The summed E-state index contributed by atoms with van der Waals surface area (Å²) in [6, 6.07) is 0.457. The van der Waals surface area contributed by atoms with E-state index < -0.39 is 0 Å². The summed E-state index contributed by atoms with van der Waals surface area (Å²) >= 11 is 0. The Balaban J connectivity index is 1.73. The lowest BCUT2D eigenvalue weighted by Crippen LogP contribution is -2.53. The number of hydrogen-bond donors (Lipinski definition) is 1. The van der Waals surface area contributed by atoms with Gasteiger partial charge in [0.1, 0.15) is 0 Å². The van der Waals surface area contributed by atoms with Gasteiger partial charge < -0.3 is 10.6 Å². The van der Waals surface area contributed by atoms with Gasteiger partial charge in [0.05, 0.1) is 6.54 Å². The average molecular weight is 282 g/mol. The lowest BCUT2D eigenvalue weighted by molar-refractivity contribution is -0.132. The zero-order valence-electron chi connectivity index (χ0n) is 12.9. The molecule has 2 aliphatic rings. The number of piperazine rings is 1. The van der Waals surface area contributed by atoms with Gasteiger partial charge in [-0.3, -0.25) is 14.6 Å². The highest BCUT2D eigenvalue weighted by Crippen LogP contribution is 2.11. The molecule has 2 rings (SSSR count). The van der Waals surface area contributed by atoms with Gasteiger partial charge in [-0.05, 0) is 19.8 Å². The third kappa shape index (κ3) is 4.43. The van der Waals surface area contributed by atoms with Crippen LogP contribution in [0.25, 0.3) is 0 Å². The van der Waals surface area contributed by atoms with E-state index in [-0.39, 0.29) is 0 Å². The molecule has 0 aromatic carbocycles. The monoisotopic (exact) mass is 282 g/mol. The highest BCUT2D eigenvalue weighted by atomic mass is 16.2. The van der Waals surface area contributed by atoms with Crippen LogP contribution >= 0.6 is 0 Å². The van der Waals surface area contributed by atoms with E-state index in [4.69, 9.17) is 5.73 Å². The first-order chi connectivity index (χ1) is 9.70. The van der Waals surface area contributed by atoms with Crippen molar-refractivity contribution in [2.24, 2.45) is 5.73 Å². The summed E-state index contributed by atoms with van der Waals surface area (Å²) in [6.45, 7) is 9.47. The number of hydrogen-bond acceptors (Lipinski definition) is 4. The second-order valence-corrected chi connectivity index (χ2v) is 6.19. The van der Waals surface area contributed by atoms with Crippen LogP contribution in [0, 0.1) is 0 Å². The van der Waals surface area contributed by atoms with Crippen LogP contribution in [0.1, 0.15) is 32.6 Å². The molecule has 0 spiro atoms. The van der Waals surface area contributed by atoms with Crippen molar-refractivity contribution in [3.05, 3.63) is 0 Å². The van der Waals surface area contributed by atoms with E-state index in [9.17, 15) is 4.79 Å². The van der Waals surface area contributed by atoms with Crippen molar-refractivity contribution in [1.29, 1.82) is 0 Å². The van der Waals surface area contributed by atoms with Crippen LogP contribution in [-0.4, -0.2) is 79.0 Å². The fourth-order valence-electron chi connectivity index (χ4n) is 3.12. The van der Waals surface area contributed by atoms with Gasteiger partial charge >= 0.3 is 0 Å².